The van der Waals surface area contributed by atoms with Gasteiger partial charge in [-0.05, 0) is 36.4 Å². The highest BCUT2D eigenvalue weighted by Gasteiger charge is 2.14. The molecule has 8 heteroatoms. The van der Waals surface area contributed by atoms with Crippen molar-refractivity contribution in [1.82, 2.24) is 14.6 Å². The third-order valence-electron chi connectivity index (χ3n) is 3.96. The lowest BCUT2D eigenvalue weighted by atomic mass is 10.2. The Morgan fingerprint density at radius 1 is 1.15 bits per heavy atom. The molecule has 2 heterocycles. The molecule has 1 amide bonds. The number of hydrogen-bond acceptors (Lipinski definition) is 6. The number of rotatable bonds is 4. The Labute approximate surface area is 157 Å². The van der Waals surface area contributed by atoms with Crippen LogP contribution in [0.5, 0.6) is 5.75 Å². The average molecular weight is 378 g/mol. The van der Waals surface area contributed by atoms with Gasteiger partial charge in [0.15, 0.2) is 0 Å². The summed E-state index contributed by atoms with van der Waals surface area (Å²) in [5.41, 5.74) is 3.86. The van der Waals surface area contributed by atoms with Crippen LogP contribution < -0.4 is 15.7 Å². The van der Waals surface area contributed by atoms with Crippen molar-refractivity contribution in [1.29, 1.82) is 0 Å². The van der Waals surface area contributed by atoms with Gasteiger partial charge >= 0.3 is 0 Å². The molecule has 4 aromatic rings. The number of thiazole rings is 1. The van der Waals surface area contributed by atoms with Gasteiger partial charge in [-0.15, -0.1) is 11.3 Å². The fraction of sp³-hybridized carbons (Fsp3) is 0.0526. The van der Waals surface area contributed by atoms with E-state index in [9.17, 15) is 9.59 Å². The molecule has 0 bridgehead atoms. The van der Waals surface area contributed by atoms with E-state index in [1.165, 1.54) is 17.7 Å². The number of carbonyl (C=O) groups is 1. The molecule has 0 radical (unpaired) electrons. The molecule has 0 aliphatic carbocycles. The highest BCUT2D eigenvalue weighted by Crippen LogP contribution is 2.25. The van der Waals surface area contributed by atoms with Gasteiger partial charge in [0.2, 0.25) is 0 Å². The van der Waals surface area contributed by atoms with Crippen molar-refractivity contribution >= 4 is 28.1 Å². The lowest BCUT2D eigenvalue weighted by Crippen LogP contribution is -2.33. The number of ether oxygens (including phenoxy) is 1. The topological polar surface area (TPSA) is 86.1 Å². The molecule has 0 saturated heterocycles. The number of para-hydroxylation sites is 1. The zero-order valence-corrected chi connectivity index (χ0v) is 15.1. The number of fused-ring (bicyclic) bond motifs is 1. The number of aromatic nitrogens is 3. The minimum Gasteiger partial charge on any atom is -0.497 e. The maximum absolute atomic E-state index is 12.5. The normalized spacial score (nSPS) is 10.7. The lowest BCUT2D eigenvalue weighted by molar-refractivity contribution is 0.100. The Morgan fingerprint density at radius 2 is 1.93 bits per heavy atom. The summed E-state index contributed by atoms with van der Waals surface area (Å²) in [5, 5.41) is 2.78. The second-order valence-electron chi connectivity index (χ2n) is 5.64. The Kier molecular flexibility index (Phi) is 4.39. The van der Waals surface area contributed by atoms with E-state index in [0.717, 1.165) is 16.0 Å². The van der Waals surface area contributed by atoms with Gasteiger partial charge in [-0.3, -0.25) is 15.0 Å². The maximum atomic E-state index is 12.5. The van der Waals surface area contributed by atoms with E-state index in [4.69, 9.17) is 4.74 Å². The van der Waals surface area contributed by atoms with Crippen LogP contribution in [0.25, 0.3) is 21.5 Å². The molecule has 0 aliphatic heterocycles. The van der Waals surface area contributed by atoms with Crippen molar-refractivity contribution in [2.75, 3.05) is 12.5 Å². The molecule has 0 saturated carbocycles. The molecule has 1 N–H and O–H groups in total. The van der Waals surface area contributed by atoms with Crippen LogP contribution in [0.2, 0.25) is 0 Å². The molecule has 134 valence electrons. The zero-order chi connectivity index (χ0) is 18.8. The van der Waals surface area contributed by atoms with Crippen LogP contribution in [0.4, 0.5) is 0 Å². The Morgan fingerprint density at radius 3 is 2.70 bits per heavy atom. The van der Waals surface area contributed by atoms with Gasteiger partial charge in [0.1, 0.15) is 22.8 Å². The molecule has 0 fully saturated rings. The minimum absolute atomic E-state index is 0.228. The van der Waals surface area contributed by atoms with Crippen LogP contribution in [0, 0.1) is 0 Å². The summed E-state index contributed by atoms with van der Waals surface area (Å²) in [4.78, 5) is 33.5. The Bertz CT molecular complexity index is 1180. The van der Waals surface area contributed by atoms with Crippen molar-refractivity contribution in [3.05, 3.63) is 76.3 Å². The number of carbonyl (C=O) groups excluding carboxylic acids is 1. The van der Waals surface area contributed by atoms with E-state index in [2.05, 4.69) is 15.4 Å². The van der Waals surface area contributed by atoms with E-state index in [0.29, 0.717) is 15.9 Å². The third kappa shape index (κ3) is 3.30. The lowest BCUT2D eigenvalue weighted by Gasteiger charge is -2.07. The molecular formula is C19H14N4O3S. The van der Waals surface area contributed by atoms with Crippen LogP contribution in [0.15, 0.2) is 65.0 Å². The summed E-state index contributed by atoms with van der Waals surface area (Å²) in [6.07, 6.45) is 1.29. The van der Waals surface area contributed by atoms with Gasteiger partial charge < -0.3 is 4.74 Å². The van der Waals surface area contributed by atoms with Crippen molar-refractivity contribution in [2.24, 2.45) is 0 Å². The standard InChI is InChI=1S/C19H14N4O3S/c1-26-13-8-6-12(7-9-13)18-21-16(10-27-18)17(24)22-23-11-20-15-5-3-2-4-14(15)19(23)25/h2-11H,1H3,(H,22,24). The SMILES string of the molecule is COc1ccc(-c2nc(C(=O)Nn3cnc4ccccc4c3=O)cs2)cc1. The molecule has 0 atom stereocenters. The quantitative estimate of drug-likeness (QED) is 0.590. The fourth-order valence-electron chi connectivity index (χ4n) is 2.56. The van der Waals surface area contributed by atoms with Gasteiger partial charge in [-0.2, -0.15) is 0 Å². The first kappa shape index (κ1) is 16.9. The van der Waals surface area contributed by atoms with Crippen molar-refractivity contribution in [2.45, 2.75) is 0 Å². The van der Waals surface area contributed by atoms with Gasteiger partial charge in [-0.1, -0.05) is 12.1 Å². The predicted octanol–water partition coefficient (Wildman–Crippen LogP) is 2.91. The zero-order valence-electron chi connectivity index (χ0n) is 14.2. The summed E-state index contributed by atoms with van der Waals surface area (Å²) in [5.74, 6) is 0.265. The fourth-order valence-corrected chi connectivity index (χ4v) is 3.37. The molecule has 4 rings (SSSR count). The van der Waals surface area contributed by atoms with Crippen LogP contribution in [-0.4, -0.2) is 27.7 Å². The number of methoxy groups -OCH3 is 1. The number of benzene rings is 2. The first-order chi connectivity index (χ1) is 13.2. The molecule has 0 unspecified atom stereocenters. The van der Waals surface area contributed by atoms with Gasteiger partial charge in [0, 0.05) is 10.9 Å². The number of amides is 1. The molecule has 2 aromatic carbocycles. The highest BCUT2D eigenvalue weighted by molar-refractivity contribution is 7.13. The molecule has 0 aliphatic rings. The second kappa shape index (κ2) is 7.00. The van der Waals surface area contributed by atoms with Gasteiger partial charge in [-0.25, -0.2) is 14.6 Å². The predicted molar refractivity (Wildman–Crippen MR) is 104 cm³/mol. The molecule has 7 nitrogen and oxygen atoms in total. The van der Waals surface area contributed by atoms with Crippen LogP contribution in [0.3, 0.4) is 0 Å². The van der Waals surface area contributed by atoms with E-state index >= 15 is 0 Å². The summed E-state index contributed by atoms with van der Waals surface area (Å²) in [7, 11) is 1.60. The summed E-state index contributed by atoms with van der Waals surface area (Å²) >= 11 is 1.35. The molecule has 27 heavy (non-hydrogen) atoms. The van der Waals surface area contributed by atoms with Crippen LogP contribution >= 0.6 is 11.3 Å². The second-order valence-corrected chi connectivity index (χ2v) is 6.50. The largest absolute Gasteiger partial charge is 0.497 e. The van der Waals surface area contributed by atoms with E-state index in [-0.39, 0.29) is 11.3 Å². The summed E-state index contributed by atoms with van der Waals surface area (Å²) in [6.45, 7) is 0. The Balaban J connectivity index is 1.58. The van der Waals surface area contributed by atoms with Crippen LogP contribution in [-0.2, 0) is 0 Å². The molecular weight excluding hydrogens is 364 g/mol. The average Bonchev–Trinajstić information content (AvgIpc) is 3.21. The van der Waals surface area contributed by atoms with Crippen LogP contribution in [0.1, 0.15) is 10.5 Å². The number of hydrogen-bond donors (Lipinski definition) is 1. The monoisotopic (exact) mass is 378 g/mol. The van der Waals surface area contributed by atoms with Crippen molar-refractivity contribution in [3.8, 4) is 16.3 Å². The maximum Gasteiger partial charge on any atom is 0.289 e. The number of nitrogens with one attached hydrogen (secondary N) is 1. The summed E-state index contributed by atoms with van der Waals surface area (Å²) < 4.78 is 6.20. The smallest absolute Gasteiger partial charge is 0.289 e. The summed E-state index contributed by atoms with van der Waals surface area (Å²) in [6, 6.07) is 14.4. The first-order valence-electron chi connectivity index (χ1n) is 8.03. The molecule has 0 spiro atoms. The van der Waals surface area contributed by atoms with Crippen molar-refractivity contribution in [3.63, 3.8) is 0 Å². The molecule has 2 aromatic heterocycles. The highest BCUT2D eigenvalue weighted by atomic mass is 32.1. The van der Waals surface area contributed by atoms with E-state index in [1.807, 2.05) is 24.3 Å². The number of nitrogens with zero attached hydrogens (tertiary/aromatic N) is 3. The van der Waals surface area contributed by atoms with Gasteiger partial charge in [0.25, 0.3) is 11.5 Å². The minimum atomic E-state index is -0.481. The third-order valence-corrected chi connectivity index (χ3v) is 4.85. The van der Waals surface area contributed by atoms with E-state index in [1.54, 1.807) is 36.8 Å². The van der Waals surface area contributed by atoms with E-state index < -0.39 is 5.91 Å². The first-order valence-corrected chi connectivity index (χ1v) is 8.91. The van der Waals surface area contributed by atoms with Gasteiger partial charge in [0.05, 0.1) is 18.0 Å². The Hall–Kier alpha value is -3.52. The van der Waals surface area contributed by atoms with Crippen molar-refractivity contribution < 1.29 is 9.53 Å².